The maximum atomic E-state index is 13.1. The van der Waals surface area contributed by atoms with Crippen LogP contribution in [-0.2, 0) is 29.4 Å². The predicted molar refractivity (Wildman–Crippen MR) is 150 cm³/mol. The van der Waals surface area contributed by atoms with Gasteiger partial charge in [-0.3, -0.25) is 4.72 Å². The summed E-state index contributed by atoms with van der Waals surface area (Å²) in [7, 11) is -7.09. The Morgan fingerprint density at radius 3 is 2.13 bits per heavy atom. The highest BCUT2D eigenvalue weighted by Gasteiger charge is 2.33. The first kappa shape index (κ1) is 30.1. The van der Waals surface area contributed by atoms with Crippen LogP contribution in [0.25, 0.3) is 11.1 Å². The summed E-state index contributed by atoms with van der Waals surface area (Å²) >= 11 is 0. The van der Waals surface area contributed by atoms with E-state index in [4.69, 9.17) is 4.74 Å². The van der Waals surface area contributed by atoms with Crippen molar-refractivity contribution in [1.29, 1.82) is 0 Å². The molecule has 0 bridgehead atoms. The first-order valence-electron chi connectivity index (χ1n) is 12.8. The number of anilines is 1. The zero-order valence-electron chi connectivity index (χ0n) is 23.0. The first-order valence-corrected chi connectivity index (χ1v) is 16.4. The molecule has 0 spiro atoms. The lowest BCUT2D eigenvalue weighted by atomic mass is 9.87. The fourth-order valence-electron chi connectivity index (χ4n) is 5.09. The van der Waals surface area contributed by atoms with Gasteiger partial charge in [-0.05, 0) is 93.8 Å². The van der Waals surface area contributed by atoms with Gasteiger partial charge in [-0.1, -0.05) is 31.4 Å². The van der Waals surface area contributed by atoms with Crippen LogP contribution in [0, 0.1) is 19.8 Å². The minimum atomic E-state index is -3.68. The number of hydrogen-bond donors (Lipinski definition) is 2. The lowest BCUT2D eigenvalue weighted by molar-refractivity contribution is -0.160. The molecule has 1 saturated carbocycles. The van der Waals surface area contributed by atoms with E-state index < -0.39 is 37.5 Å². The first-order chi connectivity index (χ1) is 17.5. The molecule has 0 heterocycles. The number of sulfonamides is 1. The second kappa shape index (κ2) is 11.4. The fraction of sp³-hybridized carbons (Fsp3) is 0.536. The molecular weight excluding hydrogens is 526 g/mol. The topological polar surface area (TPSA) is 127 Å². The molecule has 0 aliphatic heterocycles. The van der Waals surface area contributed by atoms with Crippen molar-refractivity contribution in [2.75, 3.05) is 16.7 Å². The molecule has 0 radical (unpaired) electrons. The number of hydrogen-bond acceptors (Lipinski definition) is 6. The third-order valence-electron chi connectivity index (χ3n) is 6.81. The van der Waals surface area contributed by atoms with Gasteiger partial charge < -0.3 is 9.84 Å². The normalized spacial score (nSPS) is 16.3. The van der Waals surface area contributed by atoms with Gasteiger partial charge in [0, 0.05) is 11.8 Å². The molecule has 8 nitrogen and oxygen atoms in total. The van der Waals surface area contributed by atoms with Crippen LogP contribution in [0.3, 0.4) is 0 Å². The largest absolute Gasteiger partial charge is 0.479 e. The van der Waals surface area contributed by atoms with Crippen LogP contribution in [0.5, 0.6) is 0 Å². The molecule has 1 atom stereocenters. The van der Waals surface area contributed by atoms with Crippen molar-refractivity contribution in [2.45, 2.75) is 83.3 Å². The highest BCUT2D eigenvalue weighted by Crippen LogP contribution is 2.41. The maximum Gasteiger partial charge on any atom is 0.337 e. The van der Waals surface area contributed by atoms with Crippen LogP contribution in [0.1, 0.15) is 75.7 Å². The van der Waals surface area contributed by atoms with Crippen molar-refractivity contribution in [2.24, 2.45) is 5.92 Å². The molecular formula is C28H39NO7S2. The zero-order valence-corrected chi connectivity index (χ0v) is 24.6. The molecule has 1 unspecified atom stereocenters. The Labute approximate surface area is 226 Å². The second-order valence-corrected chi connectivity index (χ2v) is 15.1. The zero-order chi connectivity index (χ0) is 28.5. The Hall–Kier alpha value is -2.43. The van der Waals surface area contributed by atoms with Crippen LogP contribution in [-0.4, -0.2) is 45.5 Å². The van der Waals surface area contributed by atoms with Gasteiger partial charge in [0.25, 0.3) is 0 Å². The molecule has 0 aromatic heterocycles. The summed E-state index contributed by atoms with van der Waals surface area (Å²) in [5, 5.41) is 10.2. The van der Waals surface area contributed by atoms with Crippen LogP contribution in [0.4, 0.5) is 5.69 Å². The van der Waals surface area contributed by atoms with Gasteiger partial charge in [0.2, 0.25) is 10.0 Å². The van der Waals surface area contributed by atoms with Crippen molar-refractivity contribution in [1.82, 2.24) is 0 Å². The van der Waals surface area contributed by atoms with Gasteiger partial charge in [-0.25, -0.2) is 21.6 Å². The monoisotopic (exact) mass is 565 g/mol. The molecule has 2 N–H and O–H groups in total. The van der Waals surface area contributed by atoms with Gasteiger partial charge in [-0.15, -0.1) is 0 Å². The van der Waals surface area contributed by atoms with Crippen LogP contribution in [0.2, 0.25) is 0 Å². The van der Waals surface area contributed by atoms with Crippen LogP contribution in [0.15, 0.2) is 35.2 Å². The molecule has 3 rings (SSSR count). The Morgan fingerprint density at radius 2 is 1.63 bits per heavy atom. The molecule has 10 heteroatoms. The number of aliphatic carboxylic acids is 1. The number of carboxylic acids is 1. The van der Waals surface area contributed by atoms with E-state index in [-0.39, 0.29) is 16.6 Å². The third-order valence-corrected chi connectivity index (χ3v) is 9.38. The van der Waals surface area contributed by atoms with E-state index in [0.717, 1.165) is 38.4 Å². The molecule has 1 aliphatic rings. The highest BCUT2D eigenvalue weighted by molar-refractivity contribution is 7.92. The third kappa shape index (κ3) is 7.57. The smallest absolute Gasteiger partial charge is 0.337 e. The van der Waals surface area contributed by atoms with Crippen molar-refractivity contribution < 1.29 is 31.5 Å². The average Bonchev–Trinajstić information content (AvgIpc) is 2.78. The molecule has 2 aromatic carbocycles. The summed E-state index contributed by atoms with van der Waals surface area (Å²) in [6, 6.07) is 7.91. The van der Waals surface area contributed by atoms with Gasteiger partial charge in [0.1, 0.15) is 0 Å². The summed E-state index contributed by atoms with van der Waals surface area (Å²) in [5.74, 6) is -1.08. The fourth-order valence-corrected chi connectivity index (χ4v) is 7.30. The second-order valence-electron chi connectivity index (χ2n) is 11.3. The molecule has 1 aliphatic carbocycles. The van der Waals surface area contributed by atoms with E-state index in [1.165, 1.54) is 12.1 Å². The van der Waals surface area contributed by atoms with Crippen molar-refractivity contribution in [3.63, 3.8) is 0 Å². The maximum absolute atomic E-state index is 13.1. The molecule has 2 aromatic rings. The Bertz CT molecular complexity index is 1380. The molecule has 0 amide bonds. The number of carboxylic acid groups (broad SMARTS) is 1. The summed E-state index contributed by atoms with van der Waals surface area (Å²) in [4.78, 5) is 12.7. The summed E-state index contributed by atoms with van der Waals surface area (Å²) < 4.78 is 59.0. The average molecular weight is 566 g/mol. The van der Waals surface area contributed by atoms with E-state index >= 15 is 0 Å². The van der Waals surface area contributed by atoms with Gasteiger partial charge in [0.05, 0.1) is 21.9 Å². The van der Waals surface area contributed by atoms with Gasteiger partial charge in [-0.2, -0.15) is 0 Å². The van der Waals surface area contributed by atoms with E-state index in [2.05, 4.69) is 4.72 Å². The Morgan fingerprint density at radius 1 is 1.05 bits per heavy atom. The molecule has 38 heavy (non-hydrogen) atoms. The minimum Gasteiger partial charge on any atom is -0.479 e. The Kier molecular flexibility index (Phi) is 9.00. The number of ether oxygens (including phenoxy) is 1. The SMILES string of the molecule is Cc1cc(NS(=O)(=O)CC2CCCCC2)c(C)c(C(OC(C)(C)C)C(=O)O)c1-c1ccc(S(C)(=O)=O)cc1. The number of sulfone groups is 1. The predicted octanol–water partition coefficient (Wildman–Crippen LogP) is 5.64. The lowest BCUT2D eigenvalue weighted by Crippen LogP contribution is -2.29. The summed E-state index contributed by atoms with van der Waals surface area (Å²) in [6.45, 7) is 8.72. The van der Waals surface area contributed by atoms with E-state index in [1.807, 2.05) is 0 Å². The standard InChI is InChI=1S/C28H39NO7S2/c1-18-16-23(29-38(34,35)17-20-10-8-7-9-11-20)19(2)25(26(27(30)31)36-28(3,4)5)24(18)21-12-14-22(15-13-21)37(6,32)33/h12-16,20,26,29H,7-11,17H2,1-6H3,(H,30,31). The van der Waals surface area contributed by atoms with Gasteiger partial charge >= 0.3 is 5.97 Å². The molecule has 1 fully saturated rings. The summed E-state index contributed by atoms with van der Waals surface area (Å²) in [5.41, 5.74) is 2.09. The number of benzene rings is 2. The van der Waals surface area contributed by atoms with Crippen LogP contribution < -0.4 is 4.72 Å². The Balaban J connectivity index is 2.17. The highest BCUT2D eigenvalue weighted by atomic mass is 32.2. The minimum absolute atomic E-state index is 0.0242. The van der Waals surface area contributed by atoms with Crippen LogP contribution >= 0.6 is 0 Å². The molecule has 0 saturated heterocycles. The van der Waals surface area contributed by atoms with Crippen molar-refractivity contribution in [3.05, 3.63) is 47.0 Å². The quantitative estimate of drug-likeness (QED) is 0.403. The molecule has 210 valence electrons. The lowest BCUT2D eigenvalue weighted by Gasteiger charge is -2.30. The van der Waals surface area contributed by atoms with Gasteiger partial charge in [0.15, 0.2) is 15.9 Å². The number of nitrogens with one attached hydrogen (secondary N) is 1. The summed E-state index contributed by atoms with van der Waals surface area (Å²) in [6.07, 6.45) is 4.68. The number of rotatable bonds is 9. The van der Waals surface area contributed by atoms with E-state index in [1.54, 1.807) is 52.8 Å². The van der Waals surface area contributed by atoms with E-state index in [9.17, 15) is 26.7 Å². The van der Waals surface area contributed by atoms with E-state index in [0.29, 0.717) is 33.5 Å². The van der Waals surface area contributed by atoms with Crippen molar-refractivity contribution in [3.8, 4) is 11.1 Å². The van der Waals surface area contributed by atoms with Crippen molar-refractivity contribution >= 4 is 31.5 Å². The number of carbonyl (C=O) groups is 1. The number of aryl methyl sites for hydroxylation is 1.